The van der Waals surface area contributed by atoms with Crippen molar-refractivity contribution >= 4 is 5.97 Å². The molecule has 1 aliphatic rings. The third-order valence-corrected chi connectivity index (χ3v) is 2.68. The molecule has 0 radical (unpaired) electrons. The highest BCUT2D eigenvalue weighted by Gasteiger charge is 2.15. The molecule has 1 aliphatic heterocycles. The molecule has 2 rings (SSSR count). The standard InChI is InChI=1S/C13H17NO3/c1-11-3-2-4-12(9-11)17-13(15)10-14-5-7-16-8-6-14/h2-4,9H,5-8,10H2,1H3. The first-order valence-corrected chi connectivity index (χ1v) is 5.81. The quantitative estimate of drug-likeness (QED) is 0.583. The van der Waals surface area contributed by atoms with Crippen LogP contribution in [0.4, 0.5) is 0 Å². The molecular formula is C13H17NO3. The van der Waals surface area contributed by atoms with Gasteiger partial charge in [0.15, 0.2) is 0 Å². The maximum absolute atomic E-state index is 11.7. The van der Waals surface area contributed by atoms with Gasteiger partial charge in [0.1, 0.15) is 5.75 Å². The highest BCUT2D eigenvalue weighted by Crippen LogP contribution is 2.12. The van der Waals surface area contributed by atoms with Gasteiger partial charge in [-0.1, -0.05) is 12.1 Å². The van der Waals surface area contributed by atoms with Crippen LogP contribution in [-0.4, -0.2) is 43.7 Å². The van der Waals surface area contributed by atoms with Gasteiger partial charge >= 0.3 is 5.97 Å². The topological polar surface area (TPSA) is 38.8 Å². The van der Waals surface area contributed by atoms with Gasteiger partial charge in [-0.15, -0.1) is 0 Å². The number of ether oxygens (including phenoxy) is 2. The molecule has 1 heterocycles. The van der Waals surface area contributed by atoms with Crippen molar-refractivity contribution in [3.05, 3.63) is 29.8 Å². The largest absolute Gasteiger partial charge is 0.426 e. The number of hydrogen-bond donors (Lipinski definition) is 0. The van der Waals surface area contributed by atoms with Crippen LogP contribution in [0.3, 0.4) is 0 Å². The van der Waals surface area contributed by atoms with E-state index >= 15 is 0 Å². The molecule has 1 fully saturated rings. The number of hydrogen-bond acceptors (Lipinski definition) is 4. The minimum Gasteiger partial charge on any atom is -0.426 e. The molecule has 92 valence electrons. The smallest absolute Gasteiger partial charge is 0.325 e. The lowest BCUT2D eigenvalue weighted by atomic mass is 10.2. The van der Waals surface area contributed by atoms with E-state index in [4.69, 9.17) is 9.47 Å². The third-order valence-electron chi connectivity index (χ3n) is 2.68. The lowest BCUT2D eigenvalue weighted by molar-refractivity contribution is -0.136. The van der Waals surface area contributed by atoms with Gasteiger partial charge in [-0.25, -0.2) is 0 Å². The maximum Gasteiger partial charge on any atom is 0.325 e. The summed E-state index contributed by atoms with van der Waals surface area (Å²) >= 11 is 0. The Labute approximate surface area is 101 Å². The number of carbonyl (C=O) groups is 1. The Morgan fingerprint density at radius 2 is 2.18 bits per heavy atom. The van der Waals surface area contributed by atoms with Crippen molar-refractivity contribution < 1.29 is 14.3 Å². The van der Waals surface area contributed by atoms with Crippen molar-refractivity contribution in [2.75, 3.05) is 32.8 Å². The van der Waals surface area contributed by atoms with Gasteiger partial charge in [0.2, 0.25) is 0 Å². The van der Waals surface area contributed by atoms with E-state index in [1.54, 1.807) is 6.07 Å². The van der Waals surface area contributed by atoms with Crippen LogP contribution in [0.25, 0.3) is 0 Å². The average Bonchev–Trinajstić information content (AvgIpc) is 2.30. The zero-order chi connectivity index (χ0) is 12.1. The van der Waals surface area contributed by atoms with Crippen LogP contribution >= 0.6 is 0 Å². The van der Waals surface area contributed by atoms with E-state index in [1.807, 2.05) is 30.0 Å². The summed E-state index contributed by atoms with van der Waals surface area (Å²) in [5, 5.41) is 0. The number of carbonyl (C=O) groups excluding carboxylic acids is 1. The van der Waals surface area contributed by atoms with Crippen LogP contribution in [0.2, 0.25) is 0 Å². The Balaban J connectivity index is 1.84. The van der Waals surface area contributed by atoms with Crippen molar-refractivity contribution in [3.8, 4) is 5.75 Å². The zero-order valence-corrected chi connectivity index (χ0v) is 10.0. The molecule has 0 spiro atoms. The molecule has 0 bridgehead atoms. The highest BCUT2D eigenvalue weighted by molar-refractivity contribution is 5.74. The normalized spacial score (nSPS) is 16.8. The van der Waals surface area contributed by atoms with Gasteiger partial charge in [0.05, 0.1) is 19.8 Å². The molecule has 0 atom stereocenters. The van der Waals surface area contributed by atoms with Gasteiger partial charge in [-0.3, -0.25) is 9.69 Å². The van der Waals surface area contributed by atoms with Crippen LogP contribution in [0.5, 0.6) is 5.75 Å². The summed E-state index contributed by atoms with van der Waals surface area (Å²) < 4.78 is 10.5. The Bertz CT molecular complexity index is 386. The molecule has 0 aliphatic carbocycles. The minimum absolute atomic E-state index is 0.211. The monoisotopic (exact) mass is 235 g/mol. The van der Waals surface area contributed by atoms with Gasteiger partial charge in [-0.05, 0) is 24.6 Å². The molecular weight excluding hydrogens is 218 g/mol. The molecule has 4 heteroatoms. The molecule has 1 aromatic rings. The Hall–Kier alpha value is -1.39. The van der Waals surface area contributed by atoms with Crippen LogP contribution in [-0.2, 0) is 9.53 Å². The summed E-state index contributed by atoms with van der Waals surface area (Å²) in [6.07, 6.45) is 0. The van der Waals surface area contributed by atoms with E-state index in [1.165, 1.54) is 0 Å². The lowest BCUT2D eigenvalue weighted by Gasteiger charge is -2.25. The van der Waals surface area contributed by atoms with Gasteiger partial charge < -0.3 is 9.47 Å². The zero-order valence-electron chi connectivity index (χ0n) is 10.0. The number of morpholine rings is 1. The second-order valence-corrected chi connectivity index (χ2v) is 4.18. The van der Waals surface area contributed by atoms with Crippen LogP contribution in [0.1, 0.15) is 5.56 Å². The van der Waals surface area contributed by atoms with E-state index in [9.17, 15) is 4.79 Å². The van der Waals surface area contributed by atoms with E-state index in [0.717, 1.165) is 18.7 Å². The van der Waals surface area contributed by atoms with E-state index in [2.05, 4.69) is 0 Å². The number of aryl methyl sites for hydroxylation is 1. The Morgan fingerprint density at radius 3 is 2.88 bits per heavy atom. The summed E-state index contributed by atoms with van der Waals surface area (Å²) in [5.74, 6) is 0.403. The molecule has 1 aromatic carbocycles. The molecule has 17 heavy (non-hydrogen) atoms. The number of esters is 1. The molecule has 0 unspecified atom stereocenters. The van der Waals surface area contributed by atoms with Crippen molar-refractivity contribution in [1.82, 2.24) is 4.90 Å². The highest BCUT2D eigenvalue weighted by atomic mass is 16.5. The summed E-state index contributed by atoms with van der Waals surface area (Å²) in [7, 11) is 0. The number of nitrogens with zero attached hydrogens (tertiary/aromatic N) is 1. The van der Waals surface area contributed by atoms with E-state index in [-0.39, 0.29) is 5.97 Å². The summed E-state index contributed by atoms with van der Waals surface area (Å²) in [6, 6.07) is 7.51. The minimum atomic E-state index is -0.211. The second-order valence-electron chi connectivity index (χ2n) is 4.18. The first-order valence-electron chi connectivity index (χ1n) is 5.81. The lowest BCUT2D eigenvalue weighted by Crippen LogP contribution is -2.40. The molecule has 0 aromatic heterocycles. The van der Waals surface area contributed by atoms with Gasteiger partial charge in [0, 0.05) is 13.1 Å². The first kappa shape index (κ1) is 12.1. The van der Waals surface area contributed by atoms with Crippen molar-refractivity contribution in [1.29, 1.82) is 0 Å². The van der Waals surface area contributed by atoms with Crippen molar-refractivity contribution in [2.45, 2.75) is 6.92 Å². The Morgan fingerprint density at radius 1 is 1.41 bits per heavy atom. The second kappa shape index (κ2) is 5.80. The van der Waals surface area contributed by atoms with Crippen LogP contribution < -0.4 is 4.74 Å². The molecule has 4 nitrogen and oxygen atoms in total. The summed E-state index contributed by atoms with van der Waals surface area (Å²) in [6.45, 7) is 5.28. The fourth-order valence-corrected chi connectivity index (χ4v) is 1.78. The van der Waals surface area contributed by atoms with Crippen molar-refractivity contribution in [2.24, 2.45) is 0 Å². The van der Waals surface area contributed by atoms with Crippen LogP contribution in [0.15, 0.2) is 24.3 Å². The first-order chi connectivity index (χ1) is 8.24. The molecule has 1 saturated heterocycles. The summed E-state index contributed by atoms with van der Waals surface area (Å²) in [4.78, 5) is 13.7. The predicted molar refractivity (Wildman–Crippen MR) is 64.1 cm³/mol. The number of rotatable bonds is 3. The molecule has 0 N–H and O–H groups in total. The average molecular weight is 235 g/mol. The van der Waals surface area contributed by atoms with E-state index in [0.29, 0.717) is 25.5 Å². The fourth-order valence-electron chi connectivity index (χ4n) is 1.78. The van der Waals surface area contributed by atoms with Gasteiger partial charge in [0.25, 0.3) is 0 Å². The third kappa shape index (κ3) is 3.84. The fraction of sp³-hybridized carbons (Fsp3) is 0.462. The predicted octanol–water partition coefficient (Wildman–Crippen LogP) is 1.23. The molecule has 0 saturated carbocycles. The maximum atomic E-state index is 11.7. The number of benzene rings is 1. The van der Waals surface area contributed by atoms with Crippen molar-refractivity contribution in [3.63, 3.8) is 0 Å². The SMILES string of the molecule is Cc1cccc(OC(=O)CN2CCOCC2)c1. The van der Waals surface area contributed by atoms with E-state index < -0.39 is 0 Å². The van der Waals surface area contributed by atoms with Crippen LogP contribution in [0, 0.1) is 6.92 Å². The van der Waals surface area contributed by atoms with Gasteiger partial charge in [-0.2, -0.15) is 0 Å². The molecule has 0 amide bonds. The Kier molecular flexibility index (Phi) is 4.12. The summed E-state index contributed by atoms with van der Waals surface area (Å²) in [5.41, 5.74) is 1.08.